The maximum atomic E-state index is 12.1. The first-order chi connectivity index (χ1) is 8.22. The van der Waals surface area contributed by atoms with Gasteiger partial charge in [0.15, 0.2) is 5.78 Å². The number of rotatable bonds is 4. The van der Waals surface area contributed by atoms with Gasteiger partial charge in [-0.25, -0.2) is 9.67 Å². The number of pyridine rings is 1. The molecule has 2 aromatic rings. The Bertz CT molecular complexity index is 533. The normalized spacial score (nSPS) is 10.5. The van der Waals surface area contributed by atoms with Crippen LogP contribution < -0.4 is 0 Å². The molecule has 5 heteroatoms. The molecule has 0 atom stereocenters. The van der Waals surface area contributed by atoms with Crippen molar-refractivity contribution in [2.45, 2.75) is 26.8 Å². The maximum absolute atomic E-state index is 12.1. The van der Waals surface area contributed by atoms with Gasteiger partial charge in [0.25, 0.3) is 0 Å². The minimum Gasteiger partial charge on any atom is -0.294 e. The summed E-state index contributed by atoms with van der Waals surface area (Å²) >= 11 is 0. The van der Waals surface area contributed by atoms with E-state index < -0.39 is 0 Å². The summed E-state index contributed by atoms with van der Waals surface area (Å²) in [5.74, 6) is 0.721. The van der Waals surface area contributed by atoms with Crippen LogP contribution in [0, 0.1) is 6.92 Å². The van der Waals surface area contributed by atoms with Crippen LogP contribution in [0.5, 0.6) is 0 Å². The van der Waals surface area contributed by atoms with Crippen molar-refractivity contribution in [2.24, 2.45) is 0 Å². The minimum absolute atomic E-state index is 0.0262. The van der Waals surface area contributed by atoms with E-state index in [1.165, 1.54) is 6.33 Å². The smallest absolute Gasteiger partial charge is 0.172 e. The fourth-order valence-electron chi connectivity index (χ4n) is 1.68. The third-order valence-corrected chi connectivity index (χ3v) is 2.65. The molecule has 2 rings (SSSR count). The van der Waals surface area contributed by atoms with Gasteiger partial charge < -0.3 is 0 Å². The fraction of sp³-hybridized carbons (Fsp3) is 0.333. The highest BCUT2D eigenvalue weighted by molar-refractivity contribution is 5.98. The van der Waals surface area contributed by atoms with Crippen LogP contribution in [0.4, 0.5) is 0 Å². The predicted octanol–water partition coefficient (Wildman–Crippen LogP) is 1.43. The van der Waals surface area contributed by atoms with Crippen molar-refractivity contribution in [1.82, 2.24) is 19.7 Å². The molecular weight excluding hydrogens is 216 g/mol. The Labute approximate surface area is 99.5 Å². The van der Waals surface area contributed by atoms with Crippen LogP contribution in [0.2, 0.25) is 0 Å². The van der Waals surface area contributed by atoms with Gasteiger partial charge in [-0.2, -0.15) is 5.10 Å². The van der Waals surface area contributed by atoms with Gasteiger partial charge in [0.2, 0.25) is 0 Å². The first kappa shape index (κ1) is 11.4. The molecular formula is C12H14N4O. The molecule has 0 aliphatic rings. The molecule has 0 radical (unpaired) electrons. The van der Waals surface area contributed by atoms with Gasteiger partial charge in [-0.15, -0.1) is 0 Å². The highest BCUT2D eigenvalue weighted by Crippen LogP contribution is 2.09. The van der Waals surface area contributed by atoms with Gasteiger partial charge in [0.05, 0.1) is 6.42 Å². The Kier molecular flexibility index (Phi) is 3.27. The van der Waals surface area contributed by atoms with Gasteiger partial charge >= 0.3 is 0 Å². The van der Waals surface area contributed by atoms with Gasteiger partial charge in [0, 0.05) is 24.5 Å². The van der Waals surface area contributed by atoms with Gasteiger partial charge in [0.1, 0.15) is 12.2 Å². The SMILES string of the molecule is CCn1ncnc1CC(=O)c1cnccc1C. The Morgan fingerprint density at radius 1 is 1.47 bits per heavy atom. The summed E-state index contributed by atoms with van der Waals surface area (Å²) in [6.45, 7) is 4.59. The number of ketones is 1. The van der Waals surface area contributed by atoms with Crippen molar-refractivity contribution in [3.05, 3.63) is 41.7 Å². The van der Waals surface area contributed by atoms with Crippen LogP contribution in [0.1, 0.15) is 28.7 Å². The standard InChI is InChI=1S/C12H14N4O/c1-3-16-12(14-8-15-16)6-11(17)10-7-13-5-4-9(10)2/h4-5,7-8H,3,6H2,1-2H3. The fourth-order valence-corrected chi connectivity index (χ4v) is 1.68. The second-order valence-corrected chi connectivity index (χ2v) is 3.78. The predicted molar refractivity (Wildman–Crippen MR) is 62.7 cm³/mol. The monoisotopic (exact) mass is 230 g/mol. The van der Waals surface area contributed by atoms with E-state index in [-0.39, 0.29) is 12.2 Å². The van der Waals surface area contributed by atoms with Crippen molar-refractivity contribution in [3.8, 4) is 0 Å². The Balaban J connectivity index is 2.20. The molecule has 0 bridgehead atoms. The summed E-state index contributed by atoms with van der Waals surface area (Å²) in [5.41, 5.74) is 1.59. The second-order valence-electron chi connectivity index (χ2n) is 3.78. The number of hydrogen-bond donors (Lipinski definition) is 0. The van der Waals surface area contributed by atoms with Crippen molar-refractivity contribution >= 4 is 5.78 Å². The van der Waals surface area contributed by atoms with E-state index in [0.717, 1.165) is 5.56 Å². The number of carbonyl (C=O) groups excluding carboxylic acids is 1. The summed E-state index contributed by atoms with van der Waals surface area (Å²) in [6.07, 6.45) is 5.02. The quantitative estimate of drug-likeness (QED) is 0.745. The van der Waals surface area contributed by atoms with Crippen LogP contribution in [0.25, 0.3) is 0 Å². The summed E-state index contributed by atoms with van der Waals surface area (Å²) < 4.78 is 1.73. The van der Waals surface area contributed by atoms with Gasteiger partial charge in [-0.05, 0) is 25.5 Å². The van der Waals surface area contributed by atoms with E-state index >= 15 is 0 Å². The van der Waals surface area contributed by atoms with Crippen LogP contribution in [0.15, 0.2) is 24.8 Å². The highest BCUT2D eigenvalue weighted by Gasteiger charge is 2.13. The summed E-state index contributed by atoms with van der Waals surface area (Å²) in [6, 6.07) is 1.83. The molecule has 0 aliphatic heterocycles. The number of aryl methyl sites for hydroxylation is 2. The molecule has 0 fully saturated rings. The minimum atomic E-state index is 0.0262. The lowest BCUT2D eigenvalue weighted by Gasteiger charge is -2.04. The maximum Gasteiger partial charge on any atom is 0.172 e. The molecule has 88 valence electrons. The first-order valence-corrected chi connectivity index (χ1v) is 5.53. The van der Waals surface area contributed by atoms with Crippen molar-refractivity contribution in [3.63, 3.8) is 0 Å². The molecule has 0 saturated heterocycles. The van der Waals surface area contributed by atoms with E-state index in [1.54, 1.807) is 17.1 Å². The molecule has 0 spiro atoms. The number of aromatic nitrogens is 4. The number of carbonyl (C=O) groups is 1. The highest BCUT2D eigenvalue weighted by atomic mass is 16.1. The van der Waals surface area contributed by atoms with Crippen LogP contribution >= 0.6 is 0 Å². The Morgan fingerprint density at radius 3 is 3.00 bits per heavy atom. The van der Waals surface area contributed by atoms with Gasteiger partial charge in [-0.3, -0.25) is 9.78 Å². The molecule has 0 amide bonds. The molecule has 5 nitrogen and oxygen atoms in total. The summed E-state index contributed by atoms with van der Waals surface area (Å²) in [5, 5.41) is 4.04. The lowest BCUT2D eigenvalue weighted by Crippen LogP contribution is -2.12. The molecule has 0 N–H and O–H groups in total. The van der Waals surface area contributed by atoms with Crippen LogP contribution in [-0.4, -0.2) is 25.5 Å². The number of hydrogen-bond acceptors (Lipinski definition) is 4. The van der Waals surface area contributed by atoms with Crippen molar-refractivity contribution < 1.29 is 4.79 Å². The number of Topliss-reactive ketones (excluding diaryl/α,β-unsaturated/α-hetero) is 1. The van der Waals surface area contributed by atoms with Crippen LogP contribution in [-0.2, 0) is 13.0 Å². The average Bonchev–Trinajstić information content (AvgIpc) is 2.76. The number of nitrogens with zero attached hydrogens (tertiary/aromatic N) is 4. The van der Waals surface area contributed by atoms with E-state index in [0.29, 0.717) is 17.9 Å². The Hall–Kier alpha value is -2.04. The molecule has 0 saturated carbocycles. The molecule has 0 unspecified atom stereocenters. The molecule has 0 aliphatic carbocycles. The Morgan fingerprint density at radius 2 is 2.29 bits per heavy atom. The zero-order valence-corrected chi connectivity index (χ0v) is 9.92. The topological polar surface area (TPSA) is 60.7 Å². The molecule has 2 heterocycles. The molecule has 17 heavy (non-hydrogen) atoms. The van der Waals surface area contributed by atoms with E-state index in [9.17, 15) is 4.79 Å². The summed E-state index contributed by atoms with van der Waals surface area (Å²) in [4.78, 5) is 20.1. The van der Waals surface area contributed by atoms with Gasteiger partial charge in [-0.1, -0.05) is 0 Å². The van der Waals surface area contributed by atoms with Crippen molar-refractivity contribution in [1.29, 1.82) is 0 Å². The van der Waals surface area contributed by atoms with Crippen molar-refractivity contribution in [2.75, 3.05) is 0 Å². The zero-order valence-electron chi connectivity index (χ0n) is 9.92. The zero-order chi connectivity index (χ0) is 12.3. The summed E-state index contributed by atoms with van der Waals surface area (Å²) in [7, 11) is 0. The van der Waals surface area contributed by atoms with E-state index in [4.69, 9.17) is 0 Å². The van der Waals surface area contributed by atoms with Crippen LogP contribution in [0.3, 0.4) is 0 Å². The largest absolute Gasteiger partial charge is 0.294 e. The lowest BCUT2D eigenvalue weighted by molar-refractivity contribution is 0.0988. The molecule has 0 aromatic carbocycles. The second kappa shape index (κ2) is 4.86. The van der Waals surface area contributed by atoms with E-state index in [1.807, 2.05) is 19.9 Å². The van der Waals surface area contributed by atoms with E-state index in [2.05, 4.69) is 15.1 Å². The lowest BCUT2D eigenvalue weighted by atomic mass is 10.1. The first-order valence-electron chi connectivity index (χ1n) is 5.53. The third kappa shape index (κ3) is 2.38. The molecule has 2 aromatic heterocycles. The third-order valence-electron chi connectivity index (χ3n) is 2.65. The average molecular weight is 230 g/mol.